The molecule has 0 spiro atoms. The number of hydrogen-bond acceptors (Lipinski definition) is 5. The predicted octanol–water partition coefficient (Wildman–Crippen LogP) is 5.93. The maximum atomic E-state index is 12.7. The Balaban J connectivity index is 1.27. The van der Waals surface area contributed by atoms with Gasteiger partial charge < -0.3 is 29.6 Å². The van der Waals surface area contributed by atoms with Crippen molar-refractivity contribution in [1.29, 1.82) is 0 Å². The first-order valence-electron chi connectivity index (χ1n) is 12.2. The second kappa shape index (κ2) is 9.95. The Kier molecular flexibility index (Phi) is 6.57. The number of hydrogen-bond donors (Lipinski definition) is 2. The Morgan fingerprint density at radius 3 is 2.42 bits per heavy atom. The Morgan fingerprint density at radius 1 is 0.917 bits per heavy atom. The molecule has 0 saturated carbocycles. The molecule has 1 aliphatic rings. The summed E-state index contributed by atoms with van der Waals surface area (Å²) in [6.45, 7) is 6.68. The zero-order valence-electron chi connectivity index (χ0n) is 21.2. The number of ether oxygens (including phenoxy) is 2. The Labute approximate surface area is 211 Å². The number of nitrogens with zero attached hydrogens (tertiary/aromatic N) is 2. The highest BCUT2D eigenvalue weighted by molar-refractivity contribution is 6.04. The molecule has 36 heavy (non-hydrogen) atoms. The van der Waals surface area contributed by atoms with Crippen molar-refractivity contribution in [3.8, 4) is 11.5 Å². The van der Waals surface area contributed by atoms with E-state index in [2.05, 4.69) is 66.2 Å². The van der Waals surface area contributed by atoms with Crippen molar-refractivity contribution in [2.75, 3.05) is 38.1 Å². The molecule has 0 bridgehead atoms. The molecule has 7 heteroatoms. The van der Waals surface area contributed by atoms with E-state index < -0.39 is 0 Å². The minimum Gasteiger partial charge on any atom is -0.454 e. The van der Waals surface area contributed by atoms with Gasteiger partial charge in [0.25, 0.3) is 5.91 Å². The normalized spacial score (nSPS) is 12.4. The average molecular weight is 485 g/mol. The van der Waals surface area contributed by atoms with Gasteiger partial charge in [-0.1, -0.05) is 0 Å². The Morgan fingerprint density at radius 2 is 1.64 bits per heavy atom. The predicted molar refractivity (Wildman–Crippen MR) is 145 cm³/mol. The SMILES string of the molecule is Cc1c(C)n(CCCN(C)C)c2ccc(Nc3ccc(C(=O)Nc4ccc5c(c4)OCO5)cc3)cc12. The molecule has 2 heterocycles. The van der Waals surface area contributed by atoms with Gasteiger partial charge in [-0.05, 0) is 101 Å². The minimum atomic E-state index is -0.177. The maximum absolute atomic E-state index is 12.7. The lowest BCUT2D eigenvalue weighted by Gasteiger charge is -2.12. The first-order valence-corrected chi connectivity index (χ1v) is 12.2. The zero-order chi connectivity index (χ0) is 25.2. The third-order valence-corrected chi connectivity index (χ3v) is 6.69. The fourth-order valence-corrected chi connectivity index (χ4v) is 4.61. The van der Waals surface area contributed by atoms with Gasteiger partial charge in [-0.15, -0.1) is 0 Å². The lowest BCUT2D eigenvalue weighted by atomic mass is 10.1. The number of rotatable bonds is 8. The monoisotopic (exact) mass is 484 g/mol. The second-order valence-corrected chi connectivity index (χ2v) is 9.48. The van der Waals surface area contributed by atoms with Gasteiger partial charge in [0.1, 0.15) is 0 Å². The number of aryl methyl sites for hydroxylation is 2. The first kappa shape index (κ1) is 23.8. The van der Waals surface area contributed by atoms with Crippen LogP contribution in [0.15, 0.2) is 60.7 Å². The van der Waals surface area contributed by atoms with Crippen molar-refractivity contribution < 1.29 is 14.3 Å². The smallest absolute Gasteiger partial charge is 0.255 e. The fourth-order valence-electron chi connectivity index (χ4n) is 4.61. The Hall–Kier alpha value is -3.97. The molecule has 0 aliphatic carbocycles. The van der Waals surface area contributed by atoms with Gasteiger partial charge >= 0.3 is 0 Å². The van der Waals surface area contributed by atoms with Gasteiger partial charge in [0.2, 0.25) is 6.79 Å². The summed E-state index contributed by atoms with van der Waals surface area (Å²) in [5, 5.41) is 7.65. The molecular formula is C29H32N4O3. The van der Waals surface area contributed by atoms with Crippen molar-refractivity contribution in [3.05, 3.63) is 77.5 Å². The lowest BCUT2D eigenvalue weighted by molar-refractivity contribution is 0.102. The van der Waals surface area contributed by atoms with Crippen LogP contribution >= 0.6 is 0 Å². The lowest BCUT2D eigenvalue weighted by Crippen LogP contribution is -2.15. The maximum Gasteiger partial charge on any atom is 0.255 e. The van der Waals surface area contributed by atoms with Crippen molar-refractivity contribution in [1.82, 2.24) is 9.47 Å². The van der Waals surface area contributed by atoms with Crippen molar-refractivity contribution in [2.45, 2.75) is 26.8 Å². The van der Waals surface area contributed by atoms with Crippen LogP contribution in [0.3, 0.4) is 0 Å². The molecule has 0 saturated heterocycles. The molecule has 1 amide bonds. The molecule has 1 aromatic heterocycles. The molecule has 4 aromatic rings. The third kappa shape index (κ3) is 4.88. The third-order valence-electron chi connectivity index (χ3n) is 6.69. The Bertz CT molecular complexity index is 1410. The standard InChI is InChI=1S/C29H32N4O3/c1-19-20(2)33(15-5-14-32(3)4)26-12-10-23(16-25(19)26)30-22-8-6-21(7-9-22)29(34)31-24-11-13-27-28(17-24)36-18-35-27/h6-13,16-17,30H,5,14-15,18H2,1-4H3,(H,31,34). The average Bonchev–Trinajstić information content (AvgIpc) is 3.42. The van der Waals surface area contributed by atoms with Gasteiger partial charge in [0, 0.05) is 51.8 Å². The van der Waals surface area contributed by atoms with Gasteiger partial charge in [-0.25, -0.2) is 0 Å². The van der Waals surface area contributed by atoms with E-state index in [1.165, 1.54) is 22.2 Å². The van der Waals surface area contributed by atoms with Crippen LogP contribution in [0.1, 0.15) is 28.0 Å². The second-order valence-electron chi connectivity index (χ2n) is 9.48. The molecule has 5 rings (SSSR count). The number of benzene rings is 3. The summed E-state index contributed by atoms with van der Waals surface area (Å²) in [7, 11) is 4.23. The number of aromatic nitrogens is 1. The highest BCUT2D eigenvalue weighted by Crippen LogP contribution is 2.34. The van der Waals surface area contributed by atoms with E-state index in [1.54, 1.807) is 18.2 Å². The highest BCUT2D eigenvalue weighted by atomic mass is 16.7. The molecule has 0 radical (unpaired) electrons. The van der Waals surface area contributed by atoms with E-state index in [0.29, 0.717) is 22.7 Å². The number of amides is 1. The van der Waals surface area contributed by atoms with Gasteiger partial charge in [0.15, 0.2) is 11.5 Å². The van der Waals surface area contributed by atoms with Crippen LogP contribution in [0.25, 0.3) is 10.9 Å². The van der Waals surface area contributed by atoms with Crippen LogP contribution in [0.5, 0.6) is 11.5 Å². The van der Waals surface area contributed by atoms with Crippen LogP contribution in [0.4, 0.5) is 17.1 Å². The molecule has 2 N–H and O–H groups in total. The van der Waals surface area contributed by atoms with Gasteiger partial charge in [0.05, 0.1) is 0 Å². The number of carbonyl (C=O) groups is 1. The van der Waals surface area contributed by atoms with Crippen molar-refractivity contribution >= 4 is 33.9 Å². The number of nitrogens with one attached hydrogen (secondary N) is 2. The van der Waals surface area contributed by atoms with Crippen molar-refractivity contribution in [2.24, 2.45) is 0 Å². The number of fused-ring (bicyclic) bond motifs is 2. The summed E-state index contributed by atoms with van der Waals surface area (Å²) in [6, 6.07) is 19.4. The van der Waals surface area contributed by atoms with E-state index in [9.17, 15) is 4.79 Å². The van der Waals surface area contributed by atoms with Gasteiger partial charge in [-0.2, -0.15) is 0 Å². The van der Waals surface area contributed by atoms with Crippen LogP contribution < -0.4 is 20.1 Å². The summed E-state index contributed by atoms with van der Waals surface area (Å²) in [5.74, 6) is 1.15. The van der Waals surface area contributed by atoms with E-state index in [-0.39, 0.29) is 12.7 Å². The van der Waals surface area contributed by atoms with Crippen LogP contribution in [-0.4, -0.2) is 42.8 Å². The summed E-state index contributed by atoms with van der Waals surface area (Å²) in [6.07, 6.45) is 1.12. The van der Waals surface area contributed by atoms with E-state index in [4.69, 9.17) is 9.47 Å². The molecular weight excluding hydrogens is 452 g/mol. The quantitative estimate of drug-likeness (QED) is 0.324. The molecule has 186 valence electrons. The summed E-state index contributed by atoms with van der Waals surface area (Å²) >= 11 is 0. The van der Waals surface area contributed by atoms with E-state index >= 15 is 0 Å². The molecule has 0 unspecified atom stereocenters. The topological polar surface area (TPSA) is 67.8 Å². The van der Waals surface area contributed by atoms with E-state index in [1.807, 2.05) is 24.3 Å². The highest BCUT2D eigenvalue weighted by Gasteiger charge is 2.15. The van der Waals surface area contributed by atoms with Crippen molar-refractivity contribution in [3.63, 3.8) is 0 Å². The molecule has 3 aromatic carbocycles. The molecule has 7 nitrogen and oxygen atoms in total. The summed E-state index contributed by atoms with van der Waals surface area (Å²) < 4.78 is 13.1. The number of carbonyl (C=O) groups excluding carboxylic acids is 1. The molecule has 0 fully saturated rings. The molecule has 0 atom stereocenters. The first-order chi connectivity index (χ1) is 17.4. The molecule has 1 aliphatic heterocycles. The summed E-state index contributed by atoms with van der Waals surface area (Å²) in [5.41, 5.74) is 7.09. The van der Waals surface area contributed by atoms with E-state index in [0.717, 1.165) is 30.9 Å². The van der Waals surface area contributed by atoms with Gasteiger partial charge in [-0.3, -0.25) is 4.79 Å². The van der Waals surface area contributed by atoms with Crippen LogP contribution in [-0.2, 0) is 6.54 Å². The van der Waals surface area contributed by atoms with Crippen LogP contribution in [0, 0.1) is 13.8 Å². The largest absolute Gasteiger partial charge is 0.454 e. The fraction of sp³-hybridized carbons (Fsp3) is 0.276. The van der Waals surface area contributed by atoms with Crippen LogP contribution in [0.2, 0.25) is 0 Å². The zero-order valence-corrected chi connectivity index (χ0v) is 21.2. The number of anilines is 3. The minimum absolute atomic E-state index is 0.177. The summed E-state index contributed by atoms with van der Waals surface area (Å²) in [4.78, 5) is 14.9.